The van der Waals surface area contributed by atoms with E-state index >= 15 is 0 Å². The van der Waals surface area contributed by atoms with E-state index in [1.54, 1.807) is 18.2 Å². The van der Waals surface area contributed by atoms with E-state index in [4.69, 9.17) is 0 Å². The van der Waals surface area contributed by atoms with Crippen LogP contribution in [0.25, 0.3) is 11.6 Å². The first kappa shape index (κ1) is 18.8. The molecule has 2 aliphatic rings. The summed E-state index contributed by atoms with van der Waals surface area (Å²) in [6.45, 7) is 5.60. The zero-order valence-electron chi connectivity index (χ0n) is 15.7. The largest absolute Gasteiger partial charge is 0.351 e. The molecule has 1 fully saturated rings. The number of nitrogens with one attached hydrogen (secondary N) is 2. The van der Waals surface area contributed by atoms with E-state index in [-0.39, 0.29) is 17.6 Å². The van der Waals surface area contributed by atoms with Gasteiger partial charge in [0.2, 0.25) is 0 Å². The SMILES string of the molecule is Cc1sc(/C=C2\C(=O)Nc3ccc(F)cc32)cc1C(=O)NCCN1CCCC1. The Hall–Kier alpha value is -2.51. The lowest BCUT2D eigenvalue weighted by atomic mass is 10.1. The summed E-state index contributed by atoms with van der Waals surface area (Å²) < 4.78 is 13.6. The van der Waals surface area contributed by atoms with Crippen LogP contribution >= 0.6 is 11.3 Å². The minimum atomic E-state index is -0.387. The molecule has 0 unspecified atom stereocenters. The van der Waals surface area contributed by atoms with Gasteiger partial charge in [-0.15, -0.1) is 11.3 Å². The molecule has 1 saturated heterocycles. The van der Waals surface area contributed by atoms with Crippen molar-refractivity contribution >= 4 is 40.5 Å². The summed E-state index contributed by atoms with van der Waals surface area (Å²) in [5, 5.41) is 5.72. The fraction of sp³-hybridized carbons (Fsp3) is 0.333. The summed E-state index contributed by atoms with van der Waals surface area (Å²) in [5.74, 6) is -0.746. The average molecular weight is 399 g/mol. The second-order valence-corrected chi connectivity index (χ2v) is 8.41. The van der Waals surface area contributed by atoms with E-state index in [0.29, 0.717) is 28.9 Å². The Morgan fingerprint density at radius 3 is 2.89 bits per heavy atom. The first-order valence-electron chi connectivity index (χ1n) is 9.45. The third kappa shape index (κ3) is 3.86. The van der Waals surface area contributed by atoms with Gasteiger partial charge >= 0.3 is 0 Å². The second kappa shape index (κ2) is 7.85. The van der Waals surface area contributed by atoms with E-state index in [9.17, 15) is 14.0 Å². The van der Waals surface area contributed by atoms with Gasteiger partial charge in [-0.05, 0) is 63.2 Å². The number of carbonyl (C=O) groups excluding carboxylic acids is 2. The molecule has 2 aromatic rings. The highest BCUT2D eigenvalue weighted by atomic mass is 32.1. The number of amides is 2. The fourth-order valence-corrected chi connectivity index (χ4v) is 4.65. The van der Waals surface area contributed by atoms with Gasteiger partial charge in [-0.1, -0.05) is 0 Å². The molecule has 3 heterocycles. The van der Waals surface area contributed by atoms with Gasteiger partial charge in [0.1, 0.15) is 5.82 Å². The van der Waals surface area contributed by atoms with Gasteiger partial charge in [-0.3, -0.25) is 9.59 Å². The topological polar surface area (TPSA) is 61.4 Å². The number of anilines is 1. The standard InChI is InChI=1S/C21H22FN3O2S/c1-13-16(20(26)23-6-9-25-7-2-3-8-25)11-15(28-13)12-18-17-10-14(22)4-5-19(17)24-21(18)27/h4-5,10-12H,2-3,6-9H2,1H3,(H,23,26)(H,24,27)/b18-12-. The van der Waals surface area contributed by atoms with Gasteiger partial charge in [0.25, 0.3) is 11.8 Å². The summed E-state index contributed by atoms with van der Waals surface area (Å²) >= 11 is 1.45. The quantitative estimate of drug-likeness (QED) is 0.757. The predicted molar refractivity (Wildman–Crippen MR) is 110 cm³/mol. The molecule has 28 heavy (non-hydrogen) atoms. The third-order valence-corrected chi connectivity index (χ3v) is 6.14. The molecule has 0 atom stereocenters. The van der Waals surface area contributed by atoms with Crippen LogP contribution in [0.3, 0.4) is 0 Å². The molecular weight excluding hydrogens is 377 g/mol. The highest BCUT2D eigenvalue weighted by molar-refractivity contribution is 7.13. The fourth-order valence-electron chi connectivity index (χ4n) is 3.68. The van der Waals surface area contributed by atoms with Gasteiger partial charge in [-0.25, -0.2) is 4.39 Å². The number of thiophene rings is 1. The lowest BCUT2D eigenvalue weighted by Crippen LogP contribution is -2.33. The summed E-state index contributed by atoms with van der Waals surface area (Å²) in [5.41, 5.74) is 2.19. The summed E-state index contributed by atoms with van der Waals surface area (Å²) in [6, 6.07) is 6.03. The van der Waals surface area contributed by atoms with Crippen molar-refractivity contribution in [3.8, 4) is 0 Å². The number of carbonyl (C=O) groups is 2. The van der Waals surface area contributed by atoms with Crippen LogP contribution in [0.15, 0.2) is 24.3 Å². The molecule has 7 heteroatoms. The molecule has 1 aromatic heterocycles. The maximum Gasteiger partial charge on any atom is 0.256 e. The lowest BCUT2D eigenvalue weighted by molar-refractivity contribution is -0.110. The van der Waals surface area contributed by atoms with Crippen LogP contribution in [0.4, 0.5) is 10.1 Å². The summed E-state index contributed by atoms with van der Waals surface area (Å²) in [6.07, 6.45) is 4.19. The molecule has 2 N–H and O–H groups in total. The molecular formula is C21H22FN3O2S. The van der Waals surface area contributed by atoms with Crippen molar-refractivity contribution in [3.63, 3.8) is 0 Å². The van der Waals surface area contributed by atoms with Gasteiger partial charge in [-0.2, -0.15) is 0 Å². The normalized spacial score (nSPS) is 17.8. The molecule has 0 aliphatic carbocycles. The van der Waals surface area contributed by atoms with Crippen molar-refractivity contribution in [2.45, 2.75) is 19.8 Å². The Morgan fingerprint density at radius 1 is 1.32 bits per heavy atom. The molecule has 2 amide bonds. The molecule has 0 radical (unpaired) electrons. The third-order valence-electron chi connectivity index (χ3n) is 5.14. The number of benzene rings is 1. The van der Waals surface area contributed by atoms with E-state index in [2.05, 4.69) is 15.5 Å². The Labute approximate surface area is 167 Å². The molecule has 5 nitrogen and oxygen atoms in total. The zero-order chi connectivity index (χ0) is 19.7. The van der Waals surface area contributed by atoms with Crippen molar-refractivity contribution in [2.75, 3.05) is 31.5 Å². The van der Waals surface area contributed by atoms with Crippen molar-refractivity contribution in [2.24, 2.45) is 0 Å². The van der Waals surface area contributed by atoms with Crippen molar-refractivity contribution in [1.82, 2.24) is 10.2 Å². The first-order chi connectivity index (χ1) is 13.5. The van der Waals surface area contributed by atoms with Crippen LogP contribution in [0.2, 0.25) is 0 Å². The van der Waals surface area contributed by atoms with Crippen molar-refractivity contribution < 1.29 is 14.0 Å². The minimum Gasteiger partial charge on any atom is -0.351 e. The van der Waals surface area contributed by atoms with Crippen molar-refractivity contribution in [3.05, 3.63) is 51.0 Å². The predicted octanol–water partition coefficient (Wildman–Crippen LogP) is 3.51. The number of aryl methyl sites for hydroxylation is 1. The van der Waals surface area contributed by atoms with E-state index < -0.39 is 0 Å². The van der Waals surface area contributed by atoms with E-state index in [0.717, 1.165) is 29.4 Å². The van der Waals surface area contributed by atoms with Crippen LogP contribution in [0.5, 0.6) is 0 Å². The van der Waals surface area contributed by atoms with Crippen LogP contribution in [-0.4, -0.2) is 42.9 Å². The number of halogens is 1. The first-order valence-corrected chi connectivity index (χ1v) is 10.3. The molecule has 0 spiro atoms. The van der Waals surface area contributed by atoms with Crippen LogP contribution in [0, 0.1) is 12.7 Å². The smallest absolute Gasteiger partial charge is 0.256 e. The maximum absolute atomic E-state index is 13.6. The van der Waals surface area contributed by atoms with E-state index in [1.807, 2.05) is 6.92 Å². The Kier molecular flexibility index (Phi) is 5.28. The Balaban J connectivity index is 1.48. The number of fused-ring (bicyclic) bond motifs is 1. The maximum atomic E-state index is 13.6. The van der Waals surface area contributed by atoms with E-state index in [1.165, 1.54) is 36.3 Å². The number of rotatable bonds is 5. The second-order valence-electron chi connectivity index (χ2n) is 7.13. The number of nitrogens with zero attached hydrogens (tertiary/aromatic N) is 1. The molecule has 1 aromatic carbocycles. The molecule has 4 rings (SSSR count). The van der Waals surface area contributed by atoms with Gasteiger partial charge in [0.05, 0.1) is 11.1 Å². The molecule has 0 bridgehead atoms. The Bertz CT molecular complexity index is 961. The molecule has 0 saturated carbocycles. The average Bonchev–Trinajstić information content (AvgIpc) is 3.36. The zero-order valence-corrected chi connectivity index (χ0v) is 16.5. The van der Waals surface area contributed by atoms with Crippen molar-refractivity contribution in [1.29, 1.82) is 0 Å². The number of hydrogen-bond acceptors (Lipinski definition) is 4. The van der Waals surface area contributed by atoms with Crippen LogP contribution < -0.4 is 10.6 Å². The Morgan fingerprint density at radius 2 is 2.11 bits per heavy atom. The highest BCUT2D eigenvalue weighted by Gasteiger charge is 2.25. The minimum absolute atomic E-state index is 0.0973. The number of hydrogen-bond donors (Lipinski definition) is 2. The van der Waals surface area contributed by atoms with Gasteiger partial charge < -0.3 is 15.5 Å². The molecule has 146 valence electrons. The highest BCUT2D eigenvalue weighted by Crippen LogP contribution is 2.35. The monoisotopic (exact) mass is 399 g/mol. The van der Waals surface area contributed by atoms with Gasteiger partial charge in [0, 0.05) is 34.1 Å². The summed E-state index contributed by atoms with van der Waals surface area (Å²) in [7, 11) is 0. The summed E-state index contributed by atoms with van der Waals surface area (Å²) in [4.78, 5) is 28.8. The molecule has 2 aliphatic heterocycles. The van der Waals surface area contributed by atoms with Crippen LogP contribution in [-0.2, 0) is 4.79 Å². The number of likely N-dealkylation sites (tertiary alicyclic amines) is 1. The van der Waals surface area contributed by atoms with Gasteiger partial charge in [0.15, 0.2) is 0 Å². The van der Waals surface area contributed by atoms with Crippen LogP contribution in [0.1, 0.15) is 38.5 Å². The lowest BCUT2D eigenvalue weighted by Gasteiger charge is -2.14.